The van der Waals surface area contributed by atoms with Crippen LogP contribution in [0.2, 0.25) is 0 Å². The number of nitrogens with zero attached hydrogens (tertiary/aromatic N) is 3. The Morgan fingerprint density at radius 3 is 2.36 bits per heavy atom. The average Bonchev–Trinajstić information content (AvgIpc) is 2.67. The minimum atomic E-state index is -1.25. The first-order chi connectivity index (χ1) is 12.1. The molecule has 1 aromatic heterocycles. The van der Waals surface area contributed by atoms with Crippen molar-refractivity contribution in [3.05, 3.63) is 59.7 Å². The summed E-state index contributed by atoms with van der Waals surface area (Å²) >= 11 is 0. The Morgan fingerprint density at radius 2 is 1.72 bits per heavy atom. The zero-order chi connectivity index (χ0) is 17.6. The molecule has 3 rings (SSSR count). The fourth-order valence-corrected chi connectivity index (χ4v) is 2.81. The molecule has 1 aliphatic heterocycles. The summed E-state index contributed by atoms with van der Waals surface area (Å²) in [6, 6.07) is 9.94. The van der Waals surface area contributed by atoms with Gasteiger partial charge in [-0.25, -0.2) is 14.8 Å². The quantitative estimate of drug-likeness (QED) is 0.894. The number of aromatic carboxylic acids is 1. The molecular formula is C18H19N3O4. The maximum absolute atomic E-state index is 12.5. The van der Waals surface area contributed by atoms with Gasteiger partial charge in [0.15, 0.2) is 11.4 Å². The minimum absolute atomic E-state index is 0.0880. The third kappa shape index (κ3) is 4.19. The Morgan fingerprint density at radius 1 is 1.08 bits per heavy atom. The van der Waals surface area contributed by atoms with Crippen molar-refractivity contribution in [2.24, 2.45) is 0 Å². The molecule has 0 saturated carbocycles. The van der Waals surface area contributed by atoms with Gasteiger partial charge in [-0.2, -0.15) is 0 Å². The molecule has 130 valence electrons. The molecular weight excluding hydrogens is 322 g/mol. The third-order valence-electron chi connectivity index (χ3n) is 4.16. The Hall–Kier alpha value is -2.80. The van der Waals surface area contributed by atoms with Gasteiger partial charge in [0.2, 0.25) is 0 Å². The Labute approximate surface area is 145 Å². The summed E-state index contributed by atoms with van der Waals surface area (Å²) in [4.78, 5) is 33.0. The third-order valence-corrected chi connectivity index (χ3v) is 4.16. The van der Waals surface area contributed by atoms with Crippen LogP contribution in [-0.4, -0.2) is 51.0 Å². The van der Waals surface area contributed by atoms with Crippen LogP contribution in [0.3, 0.4) is 0 Å². The number of carbonyl (C=O) groups is 2. The van der Waals surface area contributed by atoms with E-state index in [9.17, 15) is 9.59 Å². The zero-order valence-electron chi connectivity index (χ0n) is 13.7. The highest BCUT2D eigenvalue weighted by atomic mass is 16.5. The van der Waals surface area contributed by atoms with Gasteiger partial charge in [0, 0.05) is 25.5 Å². The number of carboxylic acids is 1. The van der Waals surface area contributed by atoms with Gasteiger partial charge in [0.05, 0.1) is 12.7 Å². The zero-order valence-corrected chi connectivity index (χ0v) is 13.7. The van der Waals surface area contributed by atoms with E-state index in [1.54, 1.807) is 4.90 Å². The van der Waals surface area contributed by atoms with Gasteiger partial charge >= 0.3 is 5.97 Å². The highest BCUT2D eigenvalue weighted by Crippen LogP contribution is 2.18. The lowest BCUT2D eigenvalue weighted by molar-refractivity contribution is -0.000599. The predicted octanol–water partition coefficient (Wildman–Crippen LogP) is 2.00. The van der Waals surface area contributed by atoms with E-state index >= 15 is 0 Å². The summed E-state index contributed by atoms with van der Waals surface area (Å²) in [5.41, 5.74) is 0.695. The molecule has 2 aromatic rings. The van der Waals surface area contributed by atoms with Crippen LogP contribution >= 0.6 is 0 Å². The van der Waals surface area contributed by atoms with Crippen molar-refractivity contribution in [1.82, 2.24) is 14.9 Å². The molecule has 0 bridgehead atoms. The first-order valence-corrected chi connectivity index (χ1v) is 8.14. The van der Waals surface area contributed by atoms with Crippen LogP contribution in [0.4, 0.5) is 0 Å². The number of aromatic nitrogens is 2. The van der Waals surface area contributed by atoms with Crippen molar-refractivity contribution in [3.8, 4) is 0 Å². The minimum Gasteiger partial charge on any atom is -0.476 e. The first-order valence-electron chi connectivity index (χ1n) is 8.14. The van der Waals surface area contributed by atoms with E-state index in [1.807, 2.05) is 30.3 Å². The lowest BCUT2D eigenvalue weighted by Gasteiger charge is -2.31. The van der Waals surface area contributed by atoms with E-state index in [0.717, 1.165) is 5.56 Å². The number of rotatable bonds is 5. The smallest absolute Gasteiger partial charge is 0.356 e. The second-order valence-electron chi connectivity index (χ2n) is 5.85. The van der Waals surface area contributed by atoms with Crippen LogP contribution in [0.5, 0.6) is 0 Å². The lowest BCUT2D eigenvalue weighted by Crippen LogP contribution is -2.41. The Kier molecular flexibility index (Phi) is 5.35. The SMILES string of the molecule is O=C(O)c1nccnc1C(=O)N1CCC(OCc2ccccc2)CC1. The van der Waals surface area contributed by atoms with Gasteiger partial charge in [-0.3, -0.25) is 4.79 Å². The van der Waals surface area contributed by atoms with Crippen molar-refractivity contribution < 1.29 is 19.4 Å². The summed E-state index contributed by atoms with van der Waals surface area (Å²) in [6.45, 7) is 1.56. The molecule has 1 saturated heterocycles. The molecule has 1 amide bonds. The molecule has 7 nitrogen and oxygen atoms in total. The van der Waals surface area contributed by atoms with Gasteiger partial charge in [-0.05, 0) is 18.4 Å². The fraction of sp³-hybridized carbons (Fsp3) is 0.333. The topological polar surface area (TPSA) is 92.6 Å². The molecule has 0 radical (unpaired) electrons. The monoisotopic (exact) mass is 341 g/mol. The van der Waals surface area contributed by atoms with Crippen LogP contribution in [0.1, 0.15) is 39.4 Å². The number of likely N-dealkylation sites (tertiary alicyclic amines) is 1. The highest BCUT2D eigenvalue weighted by Gasteiger charge is 2.28. The van der Waals surface area contributed by atoms with E-state index in [-0.39, 0.29) is 17.5 Å². The number of carboxylic acid groups (broad SMARTS) is 1. The molecule has 1 N–H and O–H groups in total. The van der Waals surface area contributed by atoms with Gasteiger partial charge in [-0.1, -0.05) is 30.3 Å². The van der Waals surface area contributed by atoms with Crippen LogP contribution in [0.15, 0.2) is 42.7 Å². The molecule has 0 spiro atoms. The molecule has 1 aliphatic rings. The van der Waals surface area contributed by atoms with E-state index in [1.165, 1.54) is 12.4 Å². The number of carbonyl (C=O) groups excluding carboxylic acids is 1. The van der Waals surface area contributed by atoms with Crippen LogP contribution in [0, 0.1) is 0 Å². The summed E-state index contributed by atoms with van der Waals surface area (Å²) in [7, 11) is 0. The number of hydrogen-bond donors (Lipinski definition) is 1. The maximum atomic E-state index is 12.5. The van der Waals surface area contributed by atoms with Crippen LogP contribution in [-0.2, 0) is 11.3 Å². The molecule has 0 aliphatic carbocycles. The predicted molar refractivity (Wildman–Crippen MR) is 89.1 cm³/mol. The molecule has 1 aromatic carbocycles. The summed E-state index contributed by atoms with van der Waals surface area (Å²) in [6.07, 6.45) is 4.10. The second kappa shape index (κ2) is 7.85. The molecule has 0 atom stereocenters. The Bertz CT molecular complexity index is 743. The summed E-state index contributed by atoms with van der Waals surface area (Å²) in [5.74, 6) is -1.65. The molecule has 0 unspecified atom stereocenters. The van der Waals surface area contributed by atoms with Crippen LogP contribution < -0.4 is 0 Å². The number of hydrogen-bond acceptors (Lipinski definition) is 5. The number of amides is 1. The highest BCUT2D eigenvalue weighted by molar-refractivity contribution is 6.01. The number of ether oxygens (including phenoxy) is 1. The summed E-state index contributed by atoms with van der Waals surface area (Å²) in [5, 5.41) is 9.14. The molecule has 25 heavy (non-hydrogen) atoms. The molecule has 2 heterocycles. The van der Waals surface area contributed by atoms with Crippen molar-refractivity contribution in [2.75, 3.05) is 13.1 Å². The lowest BCUT2D eigenvalue weighted by atomic mass is 10.1. The van der Waals surface area contributed by atoms with Gasteiger partial charge < -0.3 is 14.7 Å². The van der Waals surface area contributed by atoms with Gasteiger partial charge in [-0.15, -0.1) is 0 Å². The maximum Gasteiger partial charge on any atom is 0.356 e. The largest absolute Gasteiger partial charge is 0.476 e. The van der Waals surface area contributed by atoms with Crippen molar-refractivity contribution in [2.45, 2.75) is 25.6 Å². The number of benzene rings is 1. The average molecular weight is 341 g/mol. The Balaban J connectivity index is 1.55. The van der Waals surface area contributed by atoms with Crippen molar-refractivity contribution >= 4 is 11.9 Å². The summed E-state index contributed by atoms with van der Waals surface area (Å²) < 4.78 is 5.90. The van der Waals surface area contributed by atoms with Crippen molar-refractivity contribution in [1.29, 1.82) is 0 Å². The molecule has 1 fully saturated rings. The standard InChI is InChI=1S/C18H19N3O4/c22-17(15-16(18(23)24)20-9-8-19-15)21-10-6-14(7-11-21)25-12-13-4-2-1-3-5-13/h1-5,8-9,14H,6-7,10-12H2,(H,23,24). The van der Waals surface area contributed by atoms with E-state index < -0.39 is 11.9 Å². The first kappa shape index (κ1) is 17.0. The van der Waals surface area contributed by atoms with Gasteiger partial charge in [0.1, 0.15) is 0 Å². The van der Waals surface area contributed by atoms with Crippen molar-refractivity contribution in [3.63, 3.8) is 0 Å². The van der Waals surface area contributed by atoms with E-state index in [0.29, 0.717) is 32.5 Å². The normalized spacial score (nSPS) is 15.1. The number of piperidine rings is 1. The van der Waals surface area contributed by atoms with Crippen LogP contribution in [0.25, 0.3) is 0 Å². The fourth-order valence-electron chi connectivity index (χ4n) is 2.81. The van der Waals surface area contributed by atoms with E-state index in [4.69, 9.17) is 9.84 Å². The van der Waals surface area contributed by atoms with E-state index in [2.05, 4.69) is 9.97 Å². The molecule has 7 heteroatoms. The second-order valence-corrected chi connectivity index (χ2v) is 5.85. The van der Waals surface area contributed by atoms with Gasteiger partial charge in [0.25, 0.3) is 5.91 Å².